The fourth-order valence-electron chi connectivity index (χ4n) is 0. The van der Waals surface area contributed by atoms with Crippen molar-refractivity contribution in [3.05, 3.63) is 0 Å². The summed E-state index contributed by atoms with van der Waals surface area (Å²) in [6.45, 7) is 13.0. The molecular weight excluding hydrogens is 156 g/mol. The maximum Gasteiger partial charge on any atom is -0.00297 e. The highest BCUT2D eigenvalue weighted by Gasteiger charge is 1.09. The Hall–Kier alpha value is -1.32. The van der Waals surface area contributed by atoms with Crippen LogP contribution in [-0.2, 0) is 0 Å². The van der Waals surface area contributed by atoms with Crippen LogP contribution < -0.4 is 0 Å². The summed E-state index contributed by atoms with van der Waals surface area (Å²) in [4.78, 5) is 0. The van der Waals surface area contributed by atoms with Crippen molar-refractivity contribution in [3.8, 4) is 37.0 Å². The summed E-state index contributed by atoms with van der Waals surface area (Å²) in [7, 11) is 0. The summed E-state index contributed by atoms with van der Waals surface area (Å²) in [5.74, 6) is 6.75. The van der Waals surface area contributed by atoms with Gasteiger partial charge in [0.1, 0.15) is 0 Å². The van der Waals surface area contributed by atoms with Gasteiger partial charge in [0, 0.05) is 0 Å². The third-order valence-electron chi connectivity index (χ3n) is 0. The molecule has 0 heteroatoms. The zero-order chi connectivity index (χ0) is 12.1. The van der Waals surface area contributed by atoms with Crippen molar-refractivity contribution in [1.82, 2.24) is 0 Å². The first kappa shape index (κ1) is 29.9. The van der Waals surface area contributed by atoms with Gasteiger partial charge in [-0.1, -0.05) is 27.7 Å². The van der Waals surface area contributed by atoms with Gasteiger partial charge in [-0.05, 0) is 20.8 Å². The lowest BCUT2D eigenvalue weighted by molar-refractivity contribution is 1.50. The Morgan fingerprint density at radius 1 is 0.538 bits per heavy atom. The van der Waals surface area contributed by atoms with Crippen molar-refractivity contribution >= 4 is 0 Å². The molecule has 0 aliphatic carbocycles. The highest BCUT2D eigenvalue weighted by Crippen LogP contribution is 1.22. The highest BCUT2D eigenvalue weighted by molar-refractivity contribution is 4.74. The molecule has 0 bridgehead atoms. The first-order chi connectivity index (χ1) is 6.24. The van der Waals surface area contributed by atoms with Crippen LogP contribution in [0, 0.1) is 37.0 Å². The number of rotatable bonds is 0. The van der Waals surface area contributed by atoms with Crippen molar-refractivity contribution in [2.24, 2.45) is 0 Å². The van der Waals surface area contributed by atoms with Crippen LogP contribution >= 0.6 is 0 Å². The molecule has 0 fully saturated rings. The minimum absolute atomic E-state index is 1.65. The van der Waals surface area contributed by atoms with Gasteiger partial charge < -0.3 is 0 Å². The Balaban J connectivity index is -0.0000000208. The van der Waals surface area contributed by atoms with E-state index in [-0.39, 0.29) is 0 Å². The van der Waals surface area contributed by atoms with E-state index in [1.54, 1.807) is 20.8 Å². The molecular formula is C13H24. The largest absolute Gasteiger partial charge is 0.120 e. The average molecular weight is 180 g/mol. The SMILES string of the molecule is C#CC.C#CC.C#CC.CC.CC. The molecule has 0 N–H and O–H groups in total. The second kappa shape index (κ2) is 355. The number of terminal acetylenes is 3. The van der Waals surface area contributed by atoms with E-state index in [1.807, 2.05) is 27.7 Å². The van der Waals surface area contributed by atoms with Crippen LogP contribution in [0.15, 0.2) is 0 Å². The molecule has 0 unspecified atom stereocenters. The van der Waals surface area contributed by atoms with Gasteiger partial charge in [-0.2, -0.15) is 0 Å². The van der Waals surface area contributed by atoms with Crippen LogP contribution in [0.3, 0.4) is 0 Å². The van der Waals surface area contributed by atoms with Crippen molar-refractivity contribution in [2.45, 2.75) is 48.5 Å². The predicted octanol–water partition coefficient (Wildman–Crippen LogP) is 3.97. The zero-order valence-corrected chi connectivity index (χ0v) is 10.2. The van der Waals surface area contributed by atoms with Crippen molar-refractivity contribution in [2.75, 3.05) is 0 Å². The molecule has 0 aliphatic heterocycles. The van der Waals surface area contributed by atoms with E-state index in [1.165, 1.54) is 0 Å². The fourth-order valence-corrected chi connectivity index (χ4v) is 0. The lowest BCUT2D eigenvalue weighted by atomic mass is 10.9. The van der Waals surface area contributed by atoms with Crippen LogP contribution in [0.25, 0.3) is 0 Å². The standard InChI is InChI=1S/3C3H4.2C2H6/c3*1-3-2;2*1-2/h3*1H,2H3;2*1-2H3. The van der Waals surface area contributed by atoms with Crippen molar-refractivity contribution < 1.29 is 0 Å². The van der Waals surface area contributed by atoms with Gasteiger partial charge >= 0.3 is 0 Å². The molecule has 0 amide bonds. The molecule has 0 aromatic carbocycles. The predicted molar refractivity (Wildman–Crippen MR) is 66.2 cm³/mol. The van der Waals surface area contributed by atoms with Crippen LogP contribution in [0.2, 0.25) is 0 Å². The molecule has 0 spiro atoms. The van der Waals surface area contributed by atoms with Gasteiger partial charge in [0.2, 0.25) is 0 Å². The number of hydrogen-bond acceptors (Lipinski definition) is 0. The zero-order valence-electron chi connectivity index (χ0n) is 10.2. The molecule has 0 saturated heterocycles. The third-order valence-corrected chi connectivity index (χ3v) is 0. The van der Waals surface area contributed by atoms with E-state index in [0.717, 1.165) is 0 Å². The molecule has 0 rings (SSSR count). The first-order valence-electron chi connectivity index (χ1n) is 4.37. The molecule has 0 aromatic heterocycles. The monoisotopic (exact) mass is 180 g/mol. The van der Waals surface area contributed by atoms with Gasteiger partial charge in [-0.15, -0.1) is 37.0 Å². The van der Waals surface area contributed by atoms with Crippen molar-refractivity contribution in [3.63, 3.8) is 0 Å². The van der Waals surface area contributed by atoms with E-state index >= 15 is 0 Å². The van der Waals surface area contributed by atoms with Crippen LogP contribution in [-0.4, -0.2) is 0 Å². The summed E-state index contributed by atoms with van der Waals surface area (Å²) in [6.07, 6.45) is 13.8. The molecule has 0 radical (unpaired) electrons. The molecule has 0 heterocycles. The maximum atomic E-state index is 4.60. The van der Waals surface area contributed by atoms with Crippen LogP contribution in [0.4, 0.5) is 0 Å². The average Bonchev–Trinajstić information content (AvgIpc) is 2.14. The van der Waals surface area contributed by atoms with Gasteiger partial charge in [0.25, 0.3) is 0 Å². The lowest BCUT2D eigenvalue weighted by Gasteiger charge is -1.23. The number of hydrogen-bond donors (Lipinski definition) is 0. The second-order valence-corrected chi connectivity index (χ2v) is 0.866. The summed E-state index contributed by atoms with van der Waals surface area (Å²) in [6, 6.07) is 0. The Morgan fingerprint density at radius 2 is 0.538 bits per heavy atom. The minimum Gasteiger partial charge on any atom is -0.120 e. The second-order valence-electron chi connectivity index (χ2n) is 0.866. The van der Waals surface area contributed by atoms with Gasteiger partial charge in [-0.25, -0.2) is 0 Å². The summed E-state index contributed by atoms with van der Waals surface area (Å²) in [5, 5.41) is 0. The molecule has 76 valence electrons. The maximum absolute atomic E-state index is 4.60. The Kier molecular flexibility index (Phi) is 814. The summed E-state index contributed by atoms with van der Waals surface area (Å²) >= 11 is 0. The molecule has 13 heavy (non-hydrogen) atoms. The van der Waals surface area contributed by atoms with E-state index < -0.39 is 0 Å². The van der Waals surface area contributed by atoms with Crippen LogP contribution in [0.1, 0.15) is 48.5 Å². The Bertz CT molecular complexity index is 93.1. The molecule has 0 nitrogen and oxygen atoms in total. The van der Waals surface area contributed by atoms with Gasteiger partial charge in [-0.3, -0.25) is 0 Å². The summed E-state index contributed by atoms with van der Waals surface area (Å²) < 4.78 is 0. The molecule has 0 aromatic rings. The third kappa shape index (κ3) is 462. The van der Waals surface area contributed by atoms with E-state index in [4.69, 9.17) is 0 Å². The molecule has 0 atom stereocenters. The Labute approximate surface area is 86.1 Å². The van der Waals surface area contributed by atoms with Crippen LogP contribution in [0.5, 0.6) is 0 Å². The Morgan fingerprint density at radius 3 is 0.538 bits per heavy atom. The summed E-state index contributed by atoms with van der Waals surface area (Å²) in [5.41, 5.74) is 0. The van der Waals surface area contributed by atoms with E-state index in [9.17, 15) is 0 Å². The van der Waals surface area contributed by atoms with E-state index in [2.05, 4.69) is 37.0 Å². The smallest absolute Gasteiger partial charge is 0.00297 e. The lowest BCUT2D eigenvalue weighted by Crippen LogP contribution is -1.10. The van der Waals surface area contributed by atoms with Crippen molar-refractivity contribution in [1.29, 1.82) is 0 Å². The van der Waals surface area contributed by atoms with Gasteiger partial charge in [0.15, 0.2) is 0 Å². The minimum atomic E-state index is 1.65. The quantitative estimate of drug-likeness (QED) is 0.495. The highest BCUT2D eigenvalue weighted by atomic mass is 13.2. The first-order valence-corrected chi connectivity index (χ1v) is 4.37. The van der Waals surface area contributed by atoms with Gasteiger partial charge in [0.05, 0.1) is 0 Å². The fraction of sp³-hybridized carbons (Fsp3) is 0.538. The topological polar surface area (TPSA) is 0 Å². The normalized spacial score (nSPS) is 2.77. The van der Waals surface area contributed by atoms with E-state index in [0.29, 0.717) is 0 Å². The molecule has 0 aliphatic rings. The molecule has 0 saturated carbocycles.